The smallest absolute Gasteiger partial charge is 0.410 e. The van der Waals surface area contributed by atoms with E-state index >= 15 is 0 Å². The van der Waals surface area contributed by atoms with E-state index < -0.39 is 5.97 Å². The summed E-state index contributed by atoms with van der Waals surface area (Å²) in [6, 6.07) is 24.7. The Morgan fingerprint density at radius 3 is 2.24 bits per heavy atom. The molecule has 2 N–H and O–H groups in total. The van der Waals surface area contributed by atoms with Crippen molar-refractivity contribution in [3.63, 3.8) is 0 Å². The lowest BCUT2D eigenvalue weighted by Gasteiger charge is -2.36. The number of aromatic amines is 1. The van der Waals surface area contributed by atoms with Crippen LogP contribution in [0.1, 0.15) is 58.8 Å². The van der Waals surface area contributed by atoms with Crippen molar-refractivity contribution < 1.29 is 19.4 Å². The zero-order valence-corrected chi connectivity index (χ0v) is 25.1. The predicted octanol–water partition coefficient (Wildman–Crippen LogP) is 6.88. The fraction of sp³-hybridized carbons (Fsp3) is 0.278. The number of amides is 1. The molecule has 0 spiro atoms. The zero-order valence-electron chi connectivity index (χ0n) is 25.1. The number of ether oxygens (including phenoxy) is 1. The van der Waals surface area contributed by atoms with Crippen molar-refractivity contribution in [2.24, 2.45) is 5.92 Å². The molecule has 1 amide bonds. The minimum absolute atomic E-state index is 0.0117. The Kier molecular flexibility index (Phi) is 7.67. The number of carboxylic acids is 1. The maximum Gasteiger partial charge on any atom is 0.410 e. The molecule has 0 saturated carbocycles. The standard InChI is InChI=1S/C36H35N5O4/c1-23(31-20-37-33-13-7-6-12-30(31)33)41(21-24-14-16-40(17-15-24)35-38-18-25(19-39-35)34(42)43)36(44)45-22-32-28-10-4-2-8-26(28)27-9-3-5-11-29(27)32/h2-13,18-20,23-24,32,37H,14-17,21-22H2,1H3,(H,42,43). The van der Waals surface area contributed by atoms with Crippen LogP contribution in [-0.2, 0) is 4.74 Å². The molecule has 7 rings (SSSR count). The Bertz CT molecular complexity index is 1800. The number of nitrogens with zero attached hydrogens (tertiary/aromatic N) is 4. The number of para-hydroxylation sites is 1. The number of hydrogen-bond acceptors (Lipinski definition) is 6. The monoisotopic (exact) mass is 601 g/mol. The molecule has 45 heavy (non-hydrogen) atoms. The first-order valence-corrected chi connectivity index (χ1v) is 15.5. The van der Waals surface area contributed by atoms with Gasteiger partial charge in [0.05, 0.1) is 11.6 Å². The van der Waals surface area contributed by atoms with Gasteiger partial charge in [-0.2, -0.15) is 0 Å². The first-order chi connectivity index (χ1) is 22.0. The number of rotatable bonds is 8. The number of aromatic nitrogens is 3. The van der Waals surface area contributed by atoms with E-state index in [0.29, 0.717) is 12.5 Å². The highest BCUT2D eigenvalue weighted by Gasteiger charge is 2.33. The molecule has 9 heteroatoms. The van der Waals surface area contributed by atoms with Crippen LogP contribution < -0.4 is 4.90 Å². The van der Waals surface area contributed by atoms with Gasteiger partial charge in [-0.25, -0.2) is 19.6 Å². The van der Waals surface area contributed by atoms with E-state index in [9.17, 15) is 9.59 Å². The van der Waals surface area contributed by atoms with E-state index in [4.69, 9.17) is 9.84 Å². The molecule has 9 nitrogen and oxygen atoms in total. The van der Waals surface area contributed by atoms with Crippen molar-refractivity contribution in [3.05, 3.63) is 114 Å². The van der Waals surface area contributed by atoms with Crippen LogP contribution in [0.15, 0.2) is 91.4 Å². The lowest BCUT2D eigenvalue weighted by Crippen LogP contribution is -2.42. The lowest BCUT2D eigenvalue weighted by atomic mass is 9.95. The van der Waals surface area contributed by atoms with Gasteiger partial charge < -0.3 is 24.6 Å². The van der Waals surface area contributed by atoms with E-state index in [-0.39, 0.29) is 36.1 Å². The Labute approximate surface area is 261 Å². The average Bonchev–Trinajstić information content (AvgIpc) is 3.66. The Morgan fingerprint density at radius 2 is 1.58 bits per heavy atom. The number of aromatic carboxylic acids is 1. The highest BCUT2D eigenvalue weighted by Crippen LogP contribution is 2.44. The third-order valence-corrected chi connectivity index (χ3v) is 9.35. The van der Waals surface area contributed by atoms with Gasteiger partial charge in [0.1, 0.15) is 6.61 Å². The van der Waals surface area contributed by atoms with Gasteiger partial charge in [0, 0.05) is 55.0 Å². The Morgan fingerprint density at radius 1 is 0.956 bits per heavy atom. The molecule has 1 unspecified atom stereocenters. The van der Waals surface area contributed by atoms with Gasteiger partial charge in [-0.05, 0) is 59.6 Å². The van der Waals surface area contributed by atoms with E-state index in [1.54, 1.807) is 0 Å². The number of carbonyl (C=O) groups excluding carboxylic acids is 1. The van der Waals surface area contributed by atoms with Crippen molar-refractivity contribution in [1.29, 1.82) is 0 Å². The summed E-state index contributed by atoms with van der Waals surface area (Å²) in [4.78, 5) is 41.1. The predicted molar refractivity (Wildman–Crippen MR) is 172 cm³/mol. The molecular formula is C36H35N5O4. The van der Waals surface area contributed by atoms with E-state index in [0.717, 1.165) is 42.4 Å². The van der Waals surface area contributed by atoms with E-state index in [1.807, 2.05) is 41.4 Å². The van der Waals surface area contributed by atoms with Gasteiger partial charge >= 0.3 is 12.1 Å². The summed E-state index contributed by atoms with van der Waals surface area (Å²) in [6.45, 7) is 4.34. The van der Waals surface area contributed by atoms with Gasteiger partial charge in [-0.1, -0.05) is 66.7 Å². The lowest BCUT2D eigenvalue weighted by molar-refractivity contribution is 0.0694. The van der Waals surface area contributed by atoms with Gasteiger partial charge in [0.2, 0.25) is 5.95 Å². The normalized spacial score (nSPS) is 15.4. The molecule has 1 fully saturated rings. The van der Waals surface area contributed by atoms with Crippen molar-refractivity contribution in [3.8, 4) is 11.1 Å². The second kappa shape index (κ2) is 12.1. The van der Waals surface area contributed by atoms with Crippen LogP contribution in [0.25, 0.3) is 22.0 Å². The van der Waals surface area contributed by atoms with Crippen LogP contribution >= 0.6 is 0 Å². The summed E-state index contributed by atoms with van der Waals surface area (Å²) in [7, 11) is 0. The summed E-state index contributed by atoms with van der Waals surface area (Å²) in [6.07, 6.45) is 6.07. The second-order valence-corrected chi connectivity index (χ2v) is 11.9. The second-order valence-electron chi connectivity index (χ2n) is 11.9. The molecule has 0 radical (unpaired) electrons. The van der Waals surface area contributed by atoms with Crippen molar-refractivity contribution in [2.75, 3.05) is 31.1 Å². The van der Waals surface area contributed by atoms with Crippen LogP contribution in [0, 0.1) is 5.92 Å². The quantitative estimate of drug-likeness (QED) is 0.199. The van der Waals surface area contributed by atoms with Crippen LogP contribution in [0.2, 0.25) is 0 Å². The summed E-state index contributed by atoms with van der Waals surface area (Å²) in [5, 5.41) is 10.3. The molecule has 1 atom stereocenters. The number of carbonyl (C=O) groups is 2. The first-order valence-electron chi connectivity index (χ1n) is 15.5. The molecule has 228 valence electrons. The number of carboxylic acid groups (broad SMARTS) is 1. The van der Waals surface area contributed by atoms with Crippen molar-refractivity contribution in [2.45, 2.75) is 31.7 Å². The highest BCUT2D eigenvalue weighted by atomic mass is 16.6. The number of piperidine rings is 1. The minimum atomic E-state index is -1.04. The molecule has 5 aromatic rings. The minimum Gasteiger partial charge on any atom is -0.478 e. The fourth-order valence-electron chi connectivity index (χ4n) is 6.86. The number of hydrogen-bond donors (Lipinski definition) is 2. The third-order valence-electron chi connectivity index (χ3n) is 9.35. The molecule has 3 aromatic carbocycles. The Hall–Kier alpha value is -5.18. The van der Waals surface area contributed by atoms with E-state index in [1.165, 1.54) is 34.6 Å². The average molecular weight is 602 g/mol. The third kappa shape index (κ3) is 5.50. The number of benzene rings is 3. The summed E-state index contributed by atoms with van der Waals surface area (Å²) in [5.74, 6) is -0.271. The van der Waals surface area contributed by atoms with Crippen molar-refractivity contribution >= 4 is 28.9 Å². The van der Waals surface area contributed by atoms with Gasteiger partial charge in [0.15, 0.2) is 0 Å². The number of nitrogens with one attached hydrogen (secondary N) is 1. The molecule has 0 bridgehead atoms. The van der Waals surface area contributed by atoms with Crippen LogP contribution in [0.5, 0.6) is 0 Å². The molecule has 2 aliphatic rings. The molecular weight excluding hydrogens is 566 g/mol. The van der Waals surface area contributed by atoms with Crippen molar-refractivity contribution in [1.82, 2.24) is 19.9 Å². The molecule has 3 heterocycles. The number of anilines is 1. The summed E-state index contributed by atoms with van der Waals surface area (Å²) >= 11 is 0. The maximum atomic E-state index is 14.1. The Balaban J connectivity index is 1.09. The largest absolute Gasteiger partial charge is 0.478 e. The van der Waals surface area contributed by atoms with Gasteiger partial charge in [-0.15, -0.1) is 0 Å². The summed E-state index contributed by atoms with van der Waals surface area (Å²) in [5.41, 5.74) is 6.94. The topological polar surface area (TPSA) is 112 Å². The molecule has 1 saturated heterocycles. The van der Waals surface area contributed by atoms with Gasteiger partial charge in [-0.3, -0.25) is 0 Å². The van der Waals surface area contributed by atoms with Crippen LogP contribution in [-0.4, -0.2) is 63.3 Å². The highest BCUT2D eigenvalue weighted by molar-refractivity contribution is 5.87. The van der Waals surface area contributed by atoms with Crippen LogP contribution in [0.4, 0.5) is 10.7 Å². The fourth-order valence-corrected chi connectivity index (χ4v) is 6.86. The zero-order chi connectivity index (χ0) is 30.9. The van der Waals surface area contributed by atoms with Crippen LogP contribution in [0.3, 0.4) is 0 Å². The SMILES string of the molecule is CC(c1c[nH]c2ccccc12)N(CC1CCN(c2ncc(C(=O)O)cn2)CC1)C(=O)OCC1c2ccccc2-c2ccccc21. The first kappa shape index (κ1) is 28.6. The summed E-state index contributed by atoms with van der Waals surface area (Å²) < 4.78 is 6.19. The van der Waals surface area contributed by atoms with Gasteiger partial charge in [0.25, 0.3) is 0 Å². The molecule has 2 aromatic heterocycles. The van der Waals surface area contributed by atoms with E-state index in [2.05, 4.69) is 69.2 Å². The molecule has 1 aliphatic heterocycles. The molecule has 1 aliphatic carbocycles. The number of H-pyrrole nitrogens is 1. The number of fused-ring (bicyclic) bond motifs is 4. The maximum absolute atomic E-state index is 14.1.